The number of nitrogens with two attached hydrogens (primary N) is 1. The highest BCUT2D eigenvalue weighted by Gasteiger charge is 2.20. The van der Waals surface area contributed by atoms with Gasteiger partial charge in [-0.3, -0.25) is 0 Å². The Labute approximate surface area is 128 Å². The van der Waals surface area contributed by atoms with Gasteiger partial charge < -0.3 is 5.73 Å². The lowest BCUT2D eigenvalue weighted by atomic mass is 9.90. The van der Waals surface area contributed by atoms with Crippen LogP contribution in [0, 0.1) is 11.3 Å². The van der Waals surface area contributed by atoms with Gasteiger partial charge in [0, 0.05) is 0 Å². The van der Waals surface area contributed by atoms with Crippen molar-refractivity contribution in [2.75, 3.05) is 5.73 Å². The minimum absolute atomic E-state index is 0.113. The van der Waals surface area contributed by atoms with Crippen LogP contribution in [0.15, 0.2) is 66.9 Å². The van der Waals surface area contributed by atoms with Crippen molar-refractivity contribution in [2.24, 2.45) is 0 Å². The number of nitriles is 1. The Bertz CT molecular complexity index is 768. The van der Waals surface area contributed by atoms with E-state index >= 15 is 0 Å². The molecule has 0 saturated heterocycles. The molecule has 22 heavy (non-hydrogen) atoms. The maximum atomic E-state index is 8.97. The number of aromatic nitrogens is 2. The van der Waals surface area contributed by atoms with Crippen LogP contribution in [-0.4, -0.2) is 9.97 Å². The summed E-state index contributed by atoms with van der Waals surface area (Å²) in [6, 6.07) is 22.0. The van der Waals surface area contributed by atoms with Gasteiger partial charge in [0.25, 0.3) is 0 Å². The fraction of sp³-hybridized carbons (Fsp3) is 0.0556. The summed E-state index contributed by atoms with van der Waals surface area (Å²) >= 11 is 0. The third kappa shape index (κ3) is 2.65. The van der Waals surface area contributed by atoms with E-state index in [2.05, 4.69) is 9.97 Å². The number of hydrogen-bond donors (Lipinski definition) is 1. The van der Waals surface area contributed by atoms with Gasteiger partial charge in [-0.25, -0.2) is 9.97 Å². The number of benzene rings is 2. The standard InChI is InChI=1S/C18H14N4/c19-11-15-12-21-18(22-17(15)20)16(13-7-3-1-4-8-13)14-9-5-2-6-10-14/h1-10,12,16H,(H2,20,21,22). The quantitative estimate of drug-likeness (QED) is 0.802. The molecule has 0 spiro atoms. The fourth-order valence-corrected chi connectivity index (χ4v) is 2.42. The normalized spacial score (nSPS) is 10.4. The Kier molecular flexibility index (Phi) is 3.80. The van der Waals surface area contributed by atoms with Crippen LogP contribution in [0.4, 0.5) is 5.82 Å². The predicted octanol–water partition coefficient (Wildman–Crippen LogP) is 3.11. The van der Waals surface area contributed by atoms with Crippen molar-refractivity contribution in [3.8, 4) is 6.07 Å². The first kappa shape index (κ1) is 13.8. The average molecular weight is 286 g/mol. The summed E-state index contributed by atoms with van der Waals surface area (Å²) in [5, 5.41) is 8.97. The maximum Gasteiger partial charge on any atom is 0.145 e. The second-order valence-corrected chi connectivity index (χ2v) is 4.89. The Morgan fingerprint density at radius 2 is 1.45 bits per heavy atom. The lowest BCUT2D eigenvalue weighted by Crippen LogP contribution is -2.10. The molecule has 2 aromatic carbocycles. The summed E-state index contributed by atoms with van der Waals surface area (Å²) in [6.07, 6.45) is 1.48. The van der Waals surface area contributed by atoms with Crippen LogP contribution in [-0.2, 0) is 0 Å². The fourth-order valence-electron chi connectivity index (χ4n) is 2.42. The number of nitrogen functional groups attached to an aromatic ring is 1. The first-order valence-electron chi connectivity index (χ1n) is 6.92. The molecule has 3 aromatic rings. The molecular formula is C18H14N4. The molecule has 0 radical (unpaired) electrons. The summed E-state index contributed by atoms with van der Waals surface area (Å²) in [6.45, 7) is 0. The van der Waals surface area contributed by atoms with E-state index < -0.39 is 0 Å². The zero-order valence-electron chi connectivity index (χ0n) is 11.8. The maximum absolute atomic E-state index is 8.97. The number of rotatable bonds is 3. The lowest BCUT2D eigenvalue weighted by Gasteiger charge is -2.17. The molecule has 0 aliphatic heterocycles. The van der Waals surface area contributed by atoms with E-state index in [0.717, 1.165) is 11.1 Å². The van der Waals surface area contributed by atoms with Crippen LogP contribution in [0.25, 0.3) is 0 Å². The SMILES string of the molecule is N#Cc1cnc(C(c2ccccc2)c2ccccc2)nc1N. The molecule has 0 aliphatic carbocycles. The van der Waals surface area contributed by atoms with E-state index in [1.165, 1.54) is 6.20 Å². The van der Waals surface area contributed by atoms with E-state index in [1.54, 1.807) is 0 Å². The van der Waals surface area contributed by atoms with Crippen LogP contribution >= 0.6 is 0 Å². The number of anilines is 1. The molecule has 0 atom stereocenters. The zero-order valence-corrected chi connectivity index (χ0v) is 11.8. The van der Waals surface area contributed by atoms with Crippen molar-refractivity contribution in [2.45, 2.75) is 5.92 Å². The summed E-state index contributed by atoms with van der Waals surface area (Å²) < 4.78 is 0. The van der Waals surface area contributed by atoms with E-state index in [4.69, 9.17) is 11.0 Å². The summed E-state index contributed by atoms with van der Waals surface area (Å²) in [7, 11) is 0. The van der Waals surface area contributed by atoms with Crippen LogP contribution in [0.5, 0.6) is 0 Å². The first-order chi connectivity index (χ1) is 10.8. The summed E-state index contributed by atoms with van der Waals surface area (Å²) in [5.74, 6) is 0.690. The van der Waals surface area contributed by atoms with Crippen molar-refractivity contribution < 1.29 is 0 Å². The van der Waals surface area contributed by atoms with Gasteiger partial charge in [-0.1, -0.05) is 60.7 Å². The van der Waals surface area contributed by atoms with Crippen LogP contribution in [0.2, 0.25) is 0 Å². The highest BCUT2D eigenvalue weighted by molar-refractivity contribution is 5.48. The molecule has 0 aliphatic rings. The Morgan fingerprint density at radius 3 is 1.91 bits per heavy atom. The molecule has 0 bridgehead atoms. The van der Waals surface area contributed by atoms with Crippen LogP contribution in [0.3, 0.4) is 0 Å². The van der Waals surface area contributed by atoms with Crippen molar-refractivity contribution in [1.29, 1.82) is 5.26 Å². The monoisotopic (exact) mass is 286 g/mol. The average Bonchev–Trinajstić information content (AvgIpc) is 2.57. The third-order valence-electron chi connectivity index (χ3n) is 3.48. The zero-order chi connectivity index (χ0) is 15.4. The molecule has 0 saturated carbocycles. The van der Waals surface area contributed by atoms with Gasteiger partial charge in [-0.05, 0) is 11.1 Å². The van der Waals surface area contributed by atoms with Crippen LogP contribution < -0.4 is 5.73 Å². The largest absolute Gasteiger partial charge is 0.382 e. The molecule has 4 nitrogen and oxygen atoms in total. The Hall–Kier alpha value is -3.19. The van der Waals surface area contributed by atoms with Gasteiger partial charge in [0.05, 0.1) is 12.1 Å². The van der Waals surface area contributed by atoms with Crippen molar-refractivity contribution >= 4 is 5.82 Å². The van der Waals surface area contributed by atoms with Gasteiger partial charge in [-0.2, -0.15) is 5.26 Å². The molecule has 0 fully saturated rings. The smallest absolute Gasteiger partial charge is 0.145 e. The highest BCUT2D eigenvalue weighted by Crippen LogP contribution is 2.29. The Morgan fingerprint density at radius 1 is 0.909 bits per heavy atom. The van der Waals surface area contributed by atoms with Gasteiger partial charge in [-0.15, -0.1) is 0 Å². The van der Waals surface area contributed by atoms with Crippen LogP contribution in [0.1, 0.15) is 28.4 Å². The number of nitrogens with zero attached hydrogens (tertiary/aromatic N) is 3. The van der Waals surface area contributed by atoms with Crippen molar-refractivity contribution in [3.05, 3.63) is 89.4 Å². The minimum Gasteiger partial charge on any atom is -0.382 e. The summed E-state index contributed by atoms with van der Waals surface area (Å²) in [5.41, 5.74) is 8.31. The molecule has 1 heterocycles. The topological polar surface area (TPSA) is 75.6 Å². The molecule has 0 unspecified atom stereocenters. The lowest BCUT2D eigenvalue weighted by molar-refractivity contribution is 0.856. The molecule has 1 aromatic heterocycles. The van der Waals surface area contributed by atoms with Crippen molar-refractivity contribution in [1.82, 2.24) is 9.97 Å². The second-order valence-electron chi connectivity index (χ2n) is 4.89. The molecule has 106 valence electrons. The first-order valence-corrected chi connectivity index (χ1v) is 6.92. The molecule has 3 rings (SSSR count). The van der Waals surface area contributed by atoms with E-state index in [9.17, 15) is 0 Å². The summed E-state index contributed by atoms with van der Waals surface area (Å²) in [4.78, 5) is 8.69. The van der Waals surface area contributed by atoms with E-state index in [0.29, 0.717) is 11.4 Å². The number of hydrogen-bond acceptors (Lipinski definition) is 4. The van der Waals surface area contributed by atoms with E-state index in [1.807, 2.05) is 66.7 Å². The molecule has 2 N–H and O–H groups in total. The van der Waals surface area contributed by atoms with E-state index in [-0.39, 0.29) is 11.7 Å². The minimum atomic E-state index is -0.113. The molecule has 0 amide bonds. The van der Waals surface area contributed by atoms with Gasteiger partial charge in [0.2, 0.25) is 0 Å². The van der Waals surface area contributed by atoms with Crippen molar-refractivity contribution in [3.63, 3.8) is 0 Å². The molecule has 4 heteroatoms. The molecular weight excluding hydrogens is 272 g/mol. The predicted molar refractivity (Wildman–Crippen MR) is 85.0 cm³/mol. The highest BCUT2D eigenvalue weighted by atomic mass is 14.9. The van der Waals surface area contributed by atoms with Gasteiger partial charge >= 0.3 is 0 Å². The Balaban J connectivity index is 2.15. The third-order valence-corrected chi connectivity index (χ3v) is 3.48. The van der Waals surface area contributed by atoms with Gasteiger partial charge in [0.15, 0.2) is 0 Å². The van der Waals surface area contributed by atoms with Gasteiger partial charge in [0.1, 0.15) is 23.3 Å². The second kappa shape index (κ2) is 6.06.